The fraction of sp³-hybridized carbons (Fsp3) is 0.263. The number of benzene rings is 2. The van der Waals surface area contributed by atoms with E-state index in [1.807, 2.05) is 60.5 Å². The lowest BCUT2D eigenvalue weighted by molar-refractivity contribution is -0.117. The number of halogens is 1. The first-order valence-electron chi connectivity index (χ1n) is 8.05. The van der Waals surface area contributed by atoms with Gasteiger partial charge >= 0.3 is 0 Å². The maximum absolute atomic E-state index is 12.6. The molecule has 3 rings (SSSR count). The number of nitrogens with zero attached hydrogens (tertiary/aromatic N) is 2. The largest absolute Gasteiger partial charge is 0.320 e. The van der Waals surface area contributed by atoms with Gasteiger partial charge in [-0.1, -0.05) is 41.9 Å². The molecule has 1 aliphatic heterocycles. The standard InChI is InChI=1S/C19H20ClN3O/c1-21-10-5-11-23-17-9-8-15(20)12-16(17)19(22-13-18(23)24)14-6-3-2-4-7-14/h2-4,6-9,12,21H,5,10-11,13H2,1H3. The summed E-state index contributed by atoms with van der Waals surface area (Å²) in [5, 5.41) is 3.76. The van der Waals surface area contributed by atoms with Crippen LogP contribution in [0.2, 0.25) is 5.02 Å². The quantitative estimate of drug-likeness (QED) is 0.849. The molecular formula is C19H20ClN3O. The first-order valence-corrected chi connectivity index (χ1v) is 8.43. The van der Waals surface area contributed by atoms with Gasteiger partial charge in [-0.05, 0) is 38.2 Å². The van der Waals surface area contributed by atoms with E-state index in [-0.39, 0.29) is 12.5 Å². The second kappa shape index (κ2) is 7.60. The average molecular weight is 342 g/mol. The van der Waals surface area contributed by atoms with Crippen LogP contribution in [0.25, 0.3) is 0 Å². The molecule has 24 heavy (non-hydrogen) atoms. The van der Waals surface area contributed by atoms with Crippen LogP contribution in [0.3, 0.4) is 0 Å². The monoisotopic (exact) mass is 341 g/mol. The number of anilines is 1. The van der Waals surface area contributed by atoms with Crippen LogP contribution >= 0.6 is 11.6 Å². The third-order valence-corrected chi connectivity index (χ3v) is 4.27. The lowest BCUT2D eigenvalue weighted by Gasteiger charge is -2.23. The van der Waals surface area contributed by atoms with Crippen molar-refractivity contribution >= 4 is 28.9 Å². The first-order chi connectivity index (χ1) is 11.7. The summed E-state index contributed by atoms with van der Waals surface area (Å²) in [5.74, 6) is 0.0145. The maximum atomic E-state index is 12.6. The van der Waals surface area contributed by atoms with Crippen LogP contribution in [-0.2, 0) is 4.79 Å². The van der Waals surface area contributed by atoms with Gasteiger partial charge in [0.05, 0.1) is 11.4 Å². The summed E-state index contributed by atoms with van der Waals surface area (Å²) >= 11 is 6.23. The average Bonchev–Trinajstić information content (AvgIpc) is 2.73. The van der Waals surface area contributed by atoms with Gasteiger partial charge in [0, 0.05) is 22.7 Å². The Morgan fingerprint density at radius 3 is 2.75 bits per heavy atom. The Morgan fingerprint density at radius 2 is 2.00 bits per heavy atom. The Kier molecular flexibility index (Phi) is 5.28. The number of hydrogen-bond donors (Lipinski definition) is 1. The van der Waals surface area contributed by atoms with Gasteiger partial charge in [0.2, 0.25) is 5.91 Å². The lowest BCUT2D eigenvalue weighted by Crippen LogP contribution is -2.34. The van der Waals surface area contributed by atoms with Crippen molar-refractivity contribution in [3.05, 3.63) is 64.7 Å². The number of aliphatic imine (C=N–C) groups is 1. The molecule has 0 unspecified atom stereocenters. The fourth-order valence-corrected chi connectivity index (χ4v) is 3.06. The summed E-state index contributed by atoms with van der Waals surface area (Å²) in [6.45, 7) is 1.67. The minimum absolute atomic E-state index is 0.0145. The summed E-state index contributed by atoms with van der Waals surface area (Å²) in [4.78, 5) is 19.0. The third-order valence-electron chi connectivity index (χ3n) is 4.03. The van der Waals surface area contributed by atoms with Crippen LogP contribution in [0.15, 0.2) is 53.5 Å². The normalized spacial score (nSPS) is 14.2. The van der Waals surface area contributed by atoms with Crippen molar-refractivity contribution in [1.82, 2.24) is 5.32 Å². The molecule has 0 bridgehead atoms. The van der Waals surface area contributed by atoms with Gasteiger partial charge < -0.3 is 10.2 Å². The molecule has 1 amide bonds. The second-order valence-corrected chi connectivity index (χ2v) is 6.13. The van der Waals surface area contributed by atoms with E-state index in [4.69, 9.17) is 11.6 Å². The van der Waals surface area contributed by atoms with Crippen molar-refractivity contribution < 1.29 is 4.79 Å². The Hall–Kier alpha value is -2.17. The Morgan fingerprint density at radius 1 is 1.21 bits per heavy atom. The zero-order valence-corrected chi connectivity index (χ0v) is 14.4. The minimum Gasteiger partial charge on any atom is -0.320 e. The Labute approximate surface area is 147 Å². The number of hydrogen-bond acceptors (Lipinski definition) is 3. The molecule has 0 saturated heterocycles. The third kappa shape index (κ3) is 3.50. The fourth-order valence-electron chi connectivity index (χ4n) is 2.89. The molecule has 0 atom stereocenters. The summed E-state index contributed by atoms with van der Waals surface area (Å²) in [7, 11) is 1.91. The molecule has 0 aliphatic carbocycles. The van der Waals surface area contributed by atoms with E-state index in [1.165, 1.54) is 0 Å². The number of nitrogens with one attached hydrogen (secondary N) is 1. The Balaban J connectivity index is 2.05. The molecule has 2 aromatic carbocycles. The van der Waals surface area contributed by atoms with Gasteiger partial charge in [-0.2, -0.15) is 0 Å². The van der Waals surface area contributed by atoms with Crippen LogP contribution in [0, 0.1) is 0 Å². The molecule has 0 fully saturated rings. The maximum Gasteiger partial charge on any atom is 0.248 e. The molecular weight excluding hydrogens is 322 g/mol. The van der Waals surface area contributed by atoms with Crippen molar-refractivity contribution in [1.29, 1.82) is 0 Å². The highest BCUT2D eigenvalue weighted by Crippen LogP contribution is 2.29. The lowest BCUT2D eigenvalue weighted by atomic mass is 10.00. The number of carbonyl (C=O) groups is 1. The van der Waals surface area contributed by atoms with Crippen LogP contribution in [-0.4, -0.2) is 38.3 Å². The first kappa shape index (κ1) is 16.7. The van der Waals surface area contributed by atoms with Crippen molar-refractivity contribution in [3.63, 3.8) is 0 Å². The molecule has 0 spiro atoms. The SMILES string of the molecule is CNCCCN1C(=O)CN=C(c2ccccc2)c2cc(Cl)ccc21. The topological polar surface area (TPSA) is 44.7 Å². The van der Waals surface area contributed by atoms with E-state index < -0.39 is 0 Å². The molecule has 0 radical (unpaired) electrons. The van der Waals surface area contributed by atoms with Gasteiger partial charge in [-0.15, -0.1) is 0 Å². The number of benzodiazepines with no additional fused rings is 1. The van der Waals surface area contributed by atoms with E-state index in [9.17, 15) is 4.79 Å². The van der Waals surface area contributed by atoms with Gasteiger partial charge in [-0.25, -0.2) is 0 Å². The van der Waals surface area contributed by atoms with Gasteiger partial charge in [0.15, 0.2) is 0 Å². The highest BCUT2D eigenvalue weighted by molar-refractivity contribution is 6.32. The van der Waals surface area contributed by atoms with E-state index >= 15 is 0 Å². The van der Waals surface area contributed by atoms with Gasteiger partial charge in [0.25, 0.3) is 0 Å². The van der Waals surface area contributed by atoms with E-state index in [0.717, 1.165) is 35.5 Å². The molecule has 124 valence electrons. The number of fused-ring (bicyclic) bond motifs is 1. The van der Waals surface area contributed by atoms with Crippen molar-refractivity contribution in [3.8, 4) is 0 Å². The van der Waals surface area contributed by atoms with Crippen LogP contribution < -0.4 is 10.2 Å². The van der Waals surface area contributed by atoms with Crippen LogP contribution in [0.4, 0.5) is 5.69 Å². The zero-order chi connectivity index (χ0) is 16.9. The highest BCUT2D eigenvalue weighted by atomic mass is 35.5. The number of amides is 1. The van der Waals surface area contributed by atoms with E-state index in [2.05, 4.69) is 10.3 Å². The number of carbonyl (C=O) groups excluding carboxylic acids is 1. The predicted octanol–water partition coefficient (Wildman–Crippen LogP) is 3.13. The summed E-state index contributed by atoms with van der Waals surface area (Å²) in [6, 6.07) is 15.6. The highest BCUT2D eigenvalue weighted by Gasteiger charge is 2.24. The second-order valence-electron chi connectivity index (χ2n) is 5.69. The number of rotatable bonds is 5. The molecule has 1 N–H and O–H groups in total. The van der Waals surface area contributed by atoms with Crippen LogP contribution in [0.5, 0.6) is 0 Å². The molecule has 0 saturated carbocycles. The van der Waals surface area contributed by atoms with E-state index in [1.54, 1.807) is 0 Å². The van der Waals surface area contributed by atoms with Crippen molar-refractivity contribution in [2.24, 2.45) is 4.99 Å². The minimum atomic E-state index is 0.0145. The van der Waals surface area contributed by atoms with Gasteiger partial charge in [-0.3, -0.25) is 9.79 Å². The van der Waals surface area contributed by atoms with Crippen molar-refractivity contribution in [2.75, 3.05) is 31.6 Å². The molecule has 5 heteroatoms. The molecule has 2 aromatic rings. The molecule has 1 aliphatic rings. The van der Waals surface area contributed by atoms with Gasteiger partial charge in [0.1, 0.15) is 6.54 Å². The Bertz CT molecular complexity index is 758. The smallest absolute Gasteiger partial charge is 0.248 e. The summed E-state index contributed by atoms with van der Waals surface area (Å²) in [5.41, 5.74) is 3.59. The van der Waals surface area contributed by atoms with Crippen molar-refractivity contribution in [2.45, 2.75) is 6.42 Å². The van der Waals surface area contributed by atoms with Crippen LogP contribution in [0.1, 0.15) is 17.5 Å². The zero-order valence-electron chi connectivity index (χ0n) is 13.6. The molecule has 1 heterocycles. The van der Waals surface area contributed by atoms with E-state index in [0.29, 0.717) is 11.6 Å². The summed E-state index contributed by atoms with van der Waals surface area (Å²) < 4.78 is 0. The molecule has 4 nitrogen and oxygen atoms in total. The molecule has 0 aromatic heterocycles. The summed E-state index contributed by atoms with van der Waals surface area (Å²) in [6.07, 6.45) is 0.880. The predicted molar refractivity (Wildman–Crippen MR) is 99.3 cm³/mol.